The molecule has 0 saturated carbocycles. The van der Waals surface area contributed by atoms with Crippen molar-refractivity contribution in [1.82, 2.24) is 9.97 Å². The van der Waals surface area contributed by atoms with Crippen molar-refractivity contribution in [2.45, 2.75) is 26.4 Å². The summed E-state index contributed by atoms with van der Waals surface area (Å²) in [6.45, 7) is 5.87. The molecule has 1 atom stereocenters. The second-order valence-electron chi connectivity index (χ2n) is 4.32. The zero-order valence-electron chi connectivity index (χ0n) is 10.5. The summed E-state index contributed by atoms with van der Waals surface area (Å²) in [5, 5.41) is 13.6. The minimum atomic E-state index is -0.767. The molecule has 0 saturated heterocycles. The highest BCUT2D eigenvalue weighted by Gasteiger charge is 2.20. The SMILES string of the molecule is CSCC(C)(O)CNc1nc(C)nc(Cl)c1C. The van der Waals surface area contributed by atoms with Gasteiger partial charge in [0.2, 0.25) is 0 Å². The van der Waals surface area contributed by atoms with Crippen molar-refractivity contribution < 1.29 is 5.11 Å². The zero-order valence-corrected chi connectivity index (χ0v) is 12.1. The average Bonchev–Trinajstić information content (AvgIpc) is 2.21. The van der Waals surface area contributed by atoms with Gasteiger partial charge in [-0.05, 0) is 27.0 Å². The number of aliphatic hydroxyl groups is 1. The molecule has 0 aliphatic heterocycles. The van der Waals surface area contributed by atoms with Crippen LogP contribution in [0.4, 0.5) is 5.82 Å². The predicted molar refractivity (Wildman–Crippen MR) is 74.0 cm³/mol. The fourth-order valence-corrected chi connectivity index (χ4v) is 2.34. The first-order valence-corrected chi connectivity index (χ1v) is 7.09. The summed E-state index contributed by atoms with van der Waals surface area (Å²) in [6.07, 6.45) is 1.96. The van der Waals surface area contributed by atoms with Gasteiger partial charge in [-0.25, -0.2) is 9.97 Å². The van der Waals surface area contributed by atoms with Crippen LogP contribution in [0.1, 0.15) is 18.3 Å². The van der Waals surface area contributed by atoms with Gasteiger partial charge in [-0.1, -0.05) is 11.6 Å². The molecule has 0 aliphatic carbocycles. The fraction of sp³-hybridized carbons (Fsp3) is 0.636. The lowest BCUT2D eigenvalue weighted by molar-refractivity contribution is 0.0996. The van der Waals surface area contributed by atoms with E-state index in [0.717, 1.165) is 5.56 Å². The Bertz CT molecular complexity index is 399. The second-order valence-corrected chi connectivity index (χ2v) is 5.54. The molecule has 1 rings (SSSR count). The van der Waals surface area contributed by atoms with Crippen molar-refractivity contribution in [1.29, 1.82) is 0 Å². The predicted octanol–water partition coefficient (Wildman–Crippen LogP) is 2.27. The van der Waals surface area contributed by atoms with Crippen LogP contribution in [-0.4, -0.2) is 39.2 Å². The maximum atomic E-state index is 10.0. The van der Waals surface area contributed by atoms with E-state index in [1.54, 1.807) is 25.6 Å². The molecule has 6 heteroatoms. The minimum Gasteiger partial charge on any atom is -0.387 e. The number of aromatic nitrogens is 2. The highest BCUT2D eigenvalue weighted by Crippen LogP contribution is 2.20. The lowest BCUT2D eigenvalue weighted by Gasteiger charge is -2.23. The second kappa shape index (κ2) is 5.89. The molecule has 0 bridgehead atoms. The molecule has 0 fully saturated rings. The van der Waals surface area contributed by atoms with Crippen LogP contribution in [0.5, 0.6) is 0 Å². The molecule has 17 heavy (non-hydrogen) atoms. The van der Waals surface area contributed by atoms with Gasteiger partial charge in [0, 0.05) is 17.9 Å². The molecule has 1 aromatic rings. The van der Waals surface area contributed by atoms with Crippen LogP contribution in [0.3, 0.4) is 0 Å². The lowest BCUT2D eigenvalue weighted by Crippen LogP contribution is -2.36. The quantitative estimate of drug-likeness (QED) is 0.808. The molecule has 1 aromatic heterocycles. The van der Waals surface area contributed by atoms with E-state index in [2.05, 4.69) is 15.3 Å². The molecule has 0 amide bonds. The highest BCUT2D eigenvalue weighted by atomic mass is 35.5. The normalized spacial score (nSPS) is 14.5. The van der Waals surface area contributed by atoms with Gasteiger partial charge in [-0.3, -0.25) is 0 Å². The molecule has 0 radical (unpaired) electrons. The third-order valence-corrected chi connectivity index (χ3v) is 3.57. The minimum absolute atomic E-state index is 0.432. The van der Waals surface area contributed by atoms with Crippen molar-refractivity contribution in [3.05, 3.63) is 16.5 Å². The Kier molecular flexibility index (Phi) is 5.04. The first-order valence-electron chi connectivity index (χ1n) is 5.31. The van der Waals surface area contributed by atoms with Crippen LogP contribution < -0.4 is 5.32 Å². The van der Waals surface area contributed by atoms with Crippen molar-refractivity contribution in [3.63, 3.8) is 0 Å². The molecule has 0 aromatic carbocycles. The molecule has 0 spiro atoms. The number of hydrogen-bond donors (Lipinski definition) is 2. The standard InChI is InChI=1S/C11H18ClN3OS/c1-7-9(12)14-8(2)15-10(7)13-5-11(3,16)6-17-4/h16H,5-6H2,1-4H3,(H,13,14,15). The molecular formula is C11H18ClN3OS. The molecule has 2 N–H and O–H groups in total. The van der Waals surface area contributed by atoms with E-state index in [0.29, 0.717) is 29.1 Å². The van der Waals surface area contributed by atoms with E-state index >= 15 is 0 Å². The van der Waals surface area contributed by atoms with Crippen molar-refractivity contribution in [2.24, 2.45) is 0 Å². The summed E-state index contributed by atoms with van der Waals surface area (Å²) in [5.74, 6) is 1.97. The zero-order chi connectivity index (χ0) is 13.1. The van der Waals surface area contributed by atoms with Gasteiger partial charge < -0.3 is 10.4 Å². The molecule has 96 valence electrons. The van der Waals surface area contributed by atoms with Crippen LogP contribution in [0.2, 0.25) is 5.15 Å². The highest BCUT2D eigenvalue weighted by molar-refractivity contribution is 7.98. The Morgan fingerprint density at radius 2 is 2.06 bits per heavy atom. The van der Waals surface area contributed by atoms with Crippen molar-refractivity contribution in [3.8, 4) is 0 Å². The largest absolute Gasteiger partial charge is 0.387 e. The maximum Gasteiger partial charge on any atom is 0.137 e. The number of rotatable bonds is 5. The number of anilines is 1. The van der Waals surface area contributed by atoms with E-state index in [4.69, 9.17) is 11.6 Å². The summed E-state index contributed by atoms with van der Waals surface area (Å²) >= 11 is 7.58. The molecule has 0 aliphatic rings. The number of halogens is 1. The van der Waals surface area contributed by atoms with E-state index in [-0.39, 0.29) is 0 Å². The summed E-state index contributed by atoms with van der Waals surface area (Å²) in [4.78, 5) is 8.33. The summed E-state index contributed by atoms with van der Waals surface area (Å²) in [6, 6.07) is 0. The van der Waals surface area contributed by atoms with E-state index in [9.17, 15) is 5.11 Å². The van der Waals surface area contributed by atoms with Crippen LogP contribution in [0.25, 0.3) is 0 Å². The maximum absolute atomic E-state index is 10.0. The van der Waals surface area contributed by atoms with Gasteiger partial charge in [0.05, 0.1) is 5.60 Å². The third-order valence-electron chi connectivity index (χ3n) is 2.29. The van der Waals surface area contributed by atoms with Gasteiger partial charge >= 0.3 is 0 Å². The average molecular weight is 276 g/mol. The van der Waals surface area contributed by atoms with Gasteiger partial charge in [0.15, 0.2) is 0 Å². The first kappa shape index (κ1) is 14.5. The number of aryl methyl sites for hydroxylation is 1. The Balaban J connectivity index is 2.76. The van der Waals surface area contributed by atoms with Gasteiger partial charge in [-0.2, -0.15) is 11.8 Å². The topological polar surface area (TPSA) is 58.0 Å². The fourth-order valence-electron chi connectivity index (χ4n) is 1.40. The van der Waals surface area contributed by atoms with Crippen molar-refractivity contribution in [2.75, 3.05) is 23.9 Å². The third kappa shape index (κ3) is 4.33. The van der Waals surface area contributed by atoms with E-state index < -0.39 is 5.60 Å². The van der Waals surface area contributed by atoms with Crippen LogP contribution in [-0.2, 0) is 0 Å². The first-order chi connectivity index (χ1) is 7.85. The van der Waals surface area contributed by atoms with Crippen LogP contribution in [0, 0.1) is 13.8 Å². The van der Waals surface area contributed by atoms with Gasteiger partial charge in [-0.15, -0.1) is 0 Å². The number of nitrogens with zero attached hydrogens (tertiary/aromatic N) is 2. The molecule has 4 nitrogen and oxygen atoms in total. The smallest absolute Gasteiger partial charge is 0.137 e. The van der Waals surface area contributed by atoms with Gasteiger partial charge in [0.25, 0.3) is 0 Å². The Morgan fingerprint density at radius 3 is 2.65 bits per heavy atom. The molecular weight excluding hydrogens is 258 g/mol. The van der Waals surface area contributed by atoms with E-state index in [1.807, 2.05) is 13.2 Å². The van der Waals surface area contributed by atoms with Crippen LogP contribution in [0.15, 0.2) is 0 Å². The summed E-state index contributed by atoms with van der Waals surface area (Å²) < 4.78 is 0. The number of nitrogens with one attached hydrogen (secondary N) is 1. The lowest BCUT2D eigenvalue weighted by atomic mass is 10.1. The summed E-state index contributed by atoms with van der Waals surface area (Å²) in [7, 11) is 0. The Morgan fingerprint density at radius 1 is 1.41 bits per heavy atom. The van der Waals surface area contributed by atoms with Gasteiger partial charge in [0.1, 0.15) is 16.8 Å². The molecule has 1 heterocycles. The number of hydrogen-bond acceptors (Lipinski definition) is 5. The monoisotopic (exact) mass is 275 g/mol. The molecule has 1 unspecified atom stereocenters. The Hall–Kier alpha value is -0.520. The summed E-state index contributed by atoms with van der Waals surface area (Å²) in [5.41, 5.74) is 0.0363. The van der Waals surface area contributed by atoms with E-state index in [1.165, 1.54) is 0 Å². The van der Waals surface area contributed by atoms with Crippen LogP contribution >= 0.6 is 23.4 Å². The number of thioether (sulfide) groups is 1. The Labute approximate surface area is 111 Å². The van der Waals surface area contributed by atoms with Crippen molar-refractivity contribution >= 4 is 29.2 Å².